The van der Waals surface area contributed by atoms with Crippen LogP contribution < -0.4 is 5.32 Å². The van der Waals surface area contributed by atoms with Crippen LogP contribution in [0, 0.1) is 5.92 Å². The summed E-state index contributed by atoms with van der Waals surface area (Å²) in [7, 11) is 0. The molecule has 0 heterocycles. The number of fused-ring (bicyclic) bond motifs is 1. The lowest BCUT2D eigenvalue weighted by atomic mass is 10.1. The molecule has 0 saturated heterocycles. The van der Waals surface area contributed by atoms with Crippen LogP contribution in [0.1, 0.15) is 18.1 Å². The van der Waals surface area contributed by atoms with Crippen LogP contribution in [0.5, 0.6) is 0 Å². The lowest BCUT2D eigenvalue weighted by Crippen LogP contribution is -2.34. The molecule has 2 rings (SSSR count). The van der Waals surface area contributed by atoms with Gasteiger partial charge < -0.3 is 5.32 Å². The van der Waals surface area contributed by atoms with Crippen molar-refractivity contribution in [2.75, 3.05) is 6.54 Å². The van der Waals surface area contributed by atoms with Crippen molar-refractivity contribution in [1.29, 1.82) is 0 Å². The van der Waals surface area contributed by atoms with Crippen molar-refractivity contribution >= 4 is 11.7 Å². The van der Waals surface area contributed by atoms with Crippen LogP contribution in [0.3, 0.4) is 0 Å². The second-order valence-corrected chi connectivity index (χ2v) is 4.29. The molecule has 0 saturated carbocycles. The molecule has 1 aliphatic rings. The van der Waals surface area contributed by atoms with Crippen molar-refractivity contribution in [3.8, 4) is 0 Å². The van der Waals surface area contributed by atoms with Gasteiger partial charge in [-0.2, -0.15) is 0 Å². The van der Waals surface area contributed by atoms with Crippen molar-refractivity contribution in [2.24, 2.45) is 5.92 Å². The first-order valence-electron chi connectivity index (χ1n) is 5.50. The zero-order chi connectivity index (χ0) is 11.5. The van der Waals surface area contributed by atoms with Gasteiger partial charge in [0, 0.05) is 5.92 Å². The minimum atomic E-state index is -0.0103. The van der Waals surface area contributed by atoms with Crippen LogP contribution in [0.4, 0.5) is 0 Å². The fraction of sp³-hybridized carbons (Fsp3) is 0.385. The lowest BCUT2D eigenvalue weighted by molar-refractivity contribution is -0.127. The monoisotopic (exact) mass is 217 g/mol. The molecule has 0 aliphatic heterocycles. The summed E-state index contributed by atoms with van der Waals surface area (Å²) in [6.45, 7) is 1.62. The normalized spacial score (nSPS) is 14.6. The summed E-state index contributed by atoms with van der Waals surface area (Å²) in [5, 5.41) is 2.67. The van der Waals surface area contributed by atoms with Gasteiger partial charge in [0.1, 0.15) is 5.78 Å². The average molecular weight is 217 g/mol. The zero-order valence-electron chi connectivity index (χ0n) is 9.32. The van der Waals surface area contributed by atoms with Gasteiger partial charge in [0.25, 0.3) is 0 Å². The quantitative estimate of drug-likeness (QED) is 0.824. The second-order valence-electron chi connectivity index (χ2n) is 4.29. The highest BCUT2D eigenvalue weighted by atomic mass is 16.2. The third-order valence-corrected chi connectivity index (χ3v) is 2.93. The molecule has 1 aliphatic carbocycles. The summed E-state index contributed by atoms with van der Waals surface area (Å²) in [5.41, 5.74) is 2.51. The summed E-state index contributed by atoms with van der Waals surface area (Å²) in [6, 6.07) is 8.12. The van der Waals surface area contributed by atoms with Crippen LogP contribution >= 0.6 is 0 Å². The number of carbonyl (C=O) groups is 2. The predicted molar refractivity (Wildman–Crippen MR) is 61.0 cm³/mol. The molecule has 1 N–H and O–H groups in total. The Labute approximate surface area is 94.9 Å². The van der Waals surface area contributed by atoms with Crippen molar-refractivity contribution in [2.45, 2.75) is 19.8 Å². The molecule has 0 radical (unpaired) electrons. The third kappa shape index (κ3) is 2.30. The number of amides is 1. The Bertz CT molecular complexity index is 401. The minimum Gasteiger partial charge on any atom is -0.349 e. The SMILES string of the molecule is CC(=O)CNC(=O)C1Cc2ccccc2C1. The Morgan fingerprint density at radius 1 is 1.25 bits per heavy atom. The molecular weight excluding hydrogens is 202 g/mol. The maximum atomic E-state index is 11.8. The van der Waals surface area contributed by atoms with E-state index in [-0.39, 0.29) is 24.2 Å². The van der Waals surface area contributed by atoms with E-state index < -0.39 is 0 Å². The number of benzene rings is 1. The Balaban J connectivity index is 1.96. The van der Waals surface area contributed by atoms with E-state index in [0.29, 0.717) is 0 Å². The summed E-state index contributed by atoms with van der Waals surface area (Å²) >= 11 is 0. The molecule has 1 aromatic rings. The highest BCUT2D eigenvalue weighted by Gasteiger charge is 2.26. The van der Waals surface area contributed by atoms with E-state index in [1.807, 2.05) is 12.1 Å². The highest BCUT2D eigenvalue weighted by molar-refractivity contribution is 5.86. The molecule has 1 amide bonds. The van der Waals surface area contributed by atoms with Crippen LogP contribution in [-0.4, -0.2) is 18.2 Å². The van der Waals surface area contributed by atoms with Crippen molar-refractivity contribution in [3.63, 3.8) is 0 Å². The molecule has 0 aromatic heterocycles. The second kappa shape index (κ2) is 4.47. The largest absolute Gasteiger partial charge is 0.349 e. The first kappa shape index (κ1) is 10.9. The number of nitrogens with one attached hydrogen (secondary N) is 1. The van der Waals surface area contributed by atoms with E-state index in [9.17, 15) is 9.59 Å². The van der Waals surface area contributed by atoms with Gasteiger partial charge in [0.2, 0.25) is 5.91 Å². The van der Waals surface area contributed by atoms with Crippen LogP contribution in [-0.2, 0) is 22.4 Å². The minimum absolute atomic E-state index is 0.00301. The van der Waals surface area contributed by atoms with Gasteiger partial charge >= 0.3 is 0 Å². The number of hydrogen-bond acceptors (Lipinski definition) is 2. The molecule has 3 heteroatoms. The summed E-state index contributed by atoms with van der Waals surface area (Å²) in [6.07, 6.45) is 1.58. The third-order valence-electron chi connectivity index (χ3n) is 2.93. The van der Waals surface area contributed by atoms with Gasteiger partial charge in [-0.15, -0.1) is 0 Å². The molecule has 1 aromatic carbocycles. The Morgan fingerprint density at radius 3 is 2.31 bits per heavy atom. The van der Waals surface area contributed by atoms with E-state index in [1.165, 1.54) is 18.1 Å². The van der Waals surface area contributed by atoms with E-state index in [1.54, 1.807) is 0 Å². The molecule has 0 fully saturated rings. The maximum absolute atomic E-state index is 11.8. The molecule has 84 valence electrons. The van der Waals surface area contributed by atoms with E-state index >= 15 is 0 Å². The first-order chi connectivity index (χ1) is 7.66. The molecule has 16 heavy (non-hydrogen) atoms. The number of carbonyl (C=O) groups excluding carboxylic acids is 2. The standard InChI is InChI=1S/C13H15NO2/c1-9(15)8-14-13(16)12-6-10-4-2-3-5-11(10)7-12/h2-5,12H,6-8H2,1H3,(H,14,16). The Hall–Kier alpha value is -1.64. The van der Waals surface area contributed by atoms with Gasteiger partial charge in [0.15, 0.2) is 0 Å². The predicted octanol–water partition coefficient (Wildman–Crippen LogP) is 1.11. The zero-order valence-corrected chi connectivity index (χ0v) is 9.32. The Morgan fingerprint density at radius 2 is 1.81 bits per heavy atom. The van der Waals surface area contributed by atoms with Gasteiger partial charge in [-0.3, -0.25) is 9.59 Å². The smallest absolute Gasteiger partial charge is 0.224 e. The van der Waals surface area contributed by atoms with E-state index in [4.69, 9.17) is 0 Å². The molecule has 0 unspecified atom stereocenters. The molecule has 0 atom stereocenters. The fourth-order valence-corrected chi connectivity index (χ4v) is 2.10. The lowest BCUT2D eigenvalue weighted by Gasteiger charge is -2.08. The number of ketones is 1. The van der Waals surface area contributed by atoms with Gasteiger partial charge in [-0.25, -0.2) is 0 Å². The Kier molecular flexibility index (Phi) is 3.04. The fourth-order valence-electron chi connectivity index (χ4n) is 2.10. The van der Waals surface area contributed by atoms with E-state index in [2.05, 4.69) is 17.4 Å². The molecule has 3 nitrogen and oxygen atoms in total. The topological polar surface area (TPSA) is 46.2 Å². The van der Waals surface area contributed by atoms with Crippen molar-refractivity contribution in [3.05, 3.63) is 35.4 Å². The summed E-state index contributed by atoms with van der Waals surface area (Å²) < 4.78 is 0. The van der Waals surface area contributed by atoms with E-state index in [0.717, 1.165) is 12.8 Å². The molecule has 0 bridgehead atoms. The first-order valence-corrected chi connectivity index (χ1v) is 5.50. The average Bonchev–Trinajstić information content (AvgIpc) is 2.69. The summed E-state index contributed by atoms with van der Waals surface area (Å²) in [4.78, 5) is 22.5. The highest BCUT2D eigenvalue weighted by Crippen LogP contribution is 2.26. The van der Waals surface area contributed by atoms with Gasteiger partial charge in [0.05, 0.1) is 6.54 Å². The van der Waals surface area contributed by atoms with Crippen LogP contribution in [0.2, 0.25) is 0 Å². The van der Waals surface area contributed by atoms with Crippen LogP contribution in [0.25, 0.3) is 0 Å². The van der Waals surface area contributed by atoms with Crippen molar-refractivity contribution < 1.29 is 9.59 Å². The van der Waals surface area contributed by atoms with Gasteiger partial charge in [-0.05, 0) is 30.9 Å². The molecule has 0 spiro atoms. The van der Waals surface area contributed by atoms with Gasteiger partial charge in [-0.1, -0.05) is 24.3 Å². The summed E-state index contributed by atoms with van der Waals surface area (Å²) in [5.74, 6) is -0.0213. The number of Topliss-reactive ketones (excluding diaryl/α,β-unsaturated/α-hetero) is 1. The number of rotatable bonds is 3. The van der Waals surface area contributed by atoms with Crippen molar-refractivity contribution in [1.82, 2.24) is 5.32 Å². The maximum Gasteiger partial charge on any atom is 0.224 e. The molecular formula is C13H15NO2. The number of hydrogen-bond donors (Lipinski definition) is 1. The van der Waals surface area contributed by atoms with Crippen LogP contribution in [0.15, 0.2) is 24.3 Å².